The second-order valence-electron chi connectivity index (χ2n) is 5.73. The molecule has 1 N–H and O–H groups in total. The minimum atomic E-state index is -0.881. The average Bonchev–Trinajstić information content (AvgIpc) is 2.61. The van der Waals surface area contributed by atoms with E-state index in [9.17, 15) is 9.90 Å². The monoisotopic (exact) mass is 344 g/mol. The van der Waals surface area contributed by atoms with Crippen LogP contribution in [-0.2, 0) is 11.2 Å². The quantitative estimate of drug-likeness (QED) is 0.788. The van der Waals surface area contributed by atoms with Crippen LogP contribution >= 0.6 is 0 Å². The fraction of sp³-hybridized carbons (Fsp3) is 0.350. The molecule has 1 unspecified atom stereocenters. The molecule has 2 rings (SSSR count). The van der Waals surface area contributed by atoms with E-state index in [0.717, 1.165) is 22.4 Å². The Morgan fingerprint density at radius 2 is 1.80 bits per heavy atom. The van der Waals surface area contributed by atoms with Crippen LogP contribution < -0.4 is 14.2 Å². The first-order chi connectivity index (χ1) is 12.0. The Hall–Kier alpha value is -2.69. The number of rotatable bonds is 8. The lowest BCUT2D eigenvalue weighted by Crippen LogP contribution is -2.15. The SMILES string of the molecule is CCOc1ccc(C(Cc2cc(OC)ccc2OC)C(=O)O)cc1C. The van der Waals surface area contributed by atoms with E-state index in [0.29, 0.717) is 24.5 Å². The fourth-order valence-corrected chi connectivity index (χ4v) is 2.82. The van der Waals surface area contributed by atoms with Crippen molar-refractivity contribution in [2.24, 2.45) is 0 Å². The molecule has 0 heterocycles. The van der Waals surface area contributed by atoms with Gasteiger partial charge < -0.3 is 19.3 Å². The number of ether oxygens (including phenoxy) is 3. The molecule has 0 amide bonds. The minimum Gasteiger partial charge on any atom is -0.497 e. The number of hydrogen-bond donors (Lipinski definition) is 1. The Kier molecular flexibility index (Phi) is 6.28. The number of hydrogen-bond acceptors (Lipinski definition) is 4. The average molecular weight is 344 g/mol. The Morgan fingerprint density at radius 3 is 2.36 bits per heavy atom. The molecule has 1 atom stereocenters. The summed E-state index contributed by atoms with van der Waals surface area (Å²) in [5.41, 5.74) is 2.45. The third-order valence-corrected chi connectivity index (χ3v) is 4.11. The molecular weight excluding hydrogens is 320 g/mol. The van der Waals surface area contributed by atoms with Crippen LogP contribution in [0.3, 0.4) is 0 Å². The van der Waals surface area contributed by atoms with Crippen LogP contribution in [0.25, 0.3) is 0 Å². The van der Waals surface area contributed by atoms with Gasteiger partial charge in [-0.05, 0) is 61.2 Å². The van der Waals surface area contributed by atoms with E-state index < -0.39 is 11.9 Å². The molecule has 0 spiro atoms. The summed E-state index contributed by atoms with van der Waals surface area (Å²) < 4.78 is 16.1. The largest absolute Gasteiger partial charge is 0.497 e. The molecule has 0 aliphatic rings. The van der Waals surface area contributed by atoms with E-state index >= 15 is 0 Å². The van der Waals surface area contributed by atoms with Crippen molar-refractivity contribution in [3.8, 4) is 17.2 Å². The molecule has 134 valence electrons. The van der Waals surface area contributed by atoms with E-state index in [1.165, 1.54) is 0 Å². The first-order valence-electron chi connectivity index (χ1n) is 8.17. The second-order valence-corrected chi connectivity index (χ2v) is 5.73. The molecule has 25 heavy (non-hydrogen) atoms. The molecule has 0 aliphatic carbocycles. The smallest absolute Gasteiger partial charge is 0.311 e. The van der Waals surface area contributed by atoms with E-state index in [4.69, 9.17) is 14.2 Å². The number of carboxylic acid groups (broad SMARTS) is 1. The standard InChI is InChI=1S/C20H24O5/c1-5-25-18-8-6-14(10-13(18)2)17(20(21)22)12-15-11-16(23-3)7-9-19(15)24-4/h6-11,17H,5,12H2,1-4H3,(H,21,22). The van der Waals surface area contributed by atoms with Crippen molar-refractivity contribution < 1.29 is 24.1 Å². The van der Waals surface area contributed by atoms with Crippen molar-refractivity contribution in [3.05, 3.63) is 53.1 Å². The Balaban J connectivity index is 2.36. The molecule has 0 radical (unpaired) electrons. The van der Waals surface area contributed by atoms with Gasteiger partial charge in [0.1, 0.15) is 17.2 Å². The van der Waals surface area contributed by atoms with Crippen LogP contribution in [0, 0.1) is 6.92 Å². The van der Waals surface area contributed by atoms with E-state index in [1.54, 1.807) is 26.4 Å². The van der Waals surface area contributed by atoms with Gasteiger partial charge >= 0.3 is 5.97 Å². The maximum absolute atomic E-state index is 11.9. The number of carbonyl (C=O) groups is 1. The maximum Gasteiger partial charge on any atom is 0.311 e. The normalized spacial score (nSPS) is 11.7. The molecule has 0 aliphatic heterocycles. The predicted octanol–water partition coefficient (Wildman–Crippen LogP) is 3.82. The number of carboxylic acids is 1. The number of aryl methyl sites for hydroxylation is 1. The highest BCUT2D eigenvalue weighted by atomic mass is 16.5. The van der Waals surface area contributed by atoms with Gasteiger partial charge in [0.15, 0.2) is 0 Å². The van der Waals surface area contributed by atoms with Crippen LogP contribution in [0.2, 0.25) is 0 Å². The highest BCUT2D eigenvalue weighted by Gasteiger charge is 2.23. The van der Waals surface area contributed by atoms with Gasteiger partial charge in [-0.1, -0.05) is 12.1 Å². The van der Waals surface area contributed by atoms with Gasteiger partial charge in [-0.3, -0.25) is 4.79 Å². The lowest BCUT2D eigenvalue weighted by Gasteiger charge is -2.17. The van der Waals surface area contributed by atoms with E-state index in [2.05, 4.69) is 0 Å². The zero-order valence-electron chi connectivity index (χ0n) is 15.0. The van der Waals surface area contributed by atoms with Crippen molar-refractivity contribution in [2.45, 2.75) is 26.2 Å². The van der Waals surface area contributed by atoms with Gasteiger partial charge in [0.2, 0.25) is 0 Å². The summed E-state index contributed by atoms with van der Waals surface area (Å²) >= 11 is 0. The van der Waals surface area contributed by atoms with E-state index in [-0.39, 0.29) is 0 Å². The molecule has 0 saturated carbocycles. The third kappa shape index (κ3) is 4.44. The number of methoxy groups -OCH3 is 2. The fourth-order valence-electron chi connectivity index (χ4n) is 2.82. The molecule has 2 aromatic carbocycles. The highest BCUT2D eigenvalue weighted by molar-refractivity contribution is 5.77. The van der Waals surface area contributed by atoms with Crippen LogP contribution in [0.1, 0.15) is 29.5 Å². The van der Waals surface area contributed by atoms with Crippen LogP contribution in [-0.4, -0.2) is 31.9 Å². The lowest BCUT2D eigenvalue weighted by atomic mass is 9.90. The topological polar surface area (TPSA) is 65.0 Å². The van der Waals surface area contributed by atoms with Gasteiger partial charge in [-0.15, -0.1) is 0 Å². The molecule has 0 bridgehead atoms. The van der Waals surface area contributed by atoms with Gasteiger partial charge in [0.25, 0.3) is 0 Å². The summed E-state index contributed by atoms with van der Waals surface area (Å²) in [4.78, 5) is 11.9. The first kappa shape index (κ1) is 18.6. The molecule has 0 saturated heterocycles. The molecule has 0 aromatic heterocycles. The lowest BCUT2D eigenvalue weighted by molar-refractivity contribution is -0.138. The van der Waals surface area contributed by atoms with Gasteiger partial charge in [0.05, 0.1) is 26.7 Å². The van der Waals surface area contributed by atoms with E-state index in [1.807, 2.05) is 38.1 Å². The van der Waals surface area contributed by atoms with Crippen molar-refractivity contribution >= 4 is 5.97 Å². The molecular formula is C20H24O5. The van der Waals surface area contributed by atoms with Crippen molar-refractivity contribution in [3.63, 3.8) is 0 Å². The minimum absolute atomic E-state index is 0.309. The summed E-state index contributed by atoms with van der Waals surface area (Å²) in [6, 6.07) is 10.9. The Morgan fingerprint density at radius 1 is 1.08 bits per heavy atom. The highest BCUT2D eigenvalue weighted by Crippen LogP contribution is 2.31. The van der Waals surface area contributed by atoms with Crippen molar-refractivity contribution in [1.82, 2.24) is 0 Å². The zero-order chi connectivity index (χ0) is 18.4. The first-order valence-corrected chi connectivity index (χ1v) is 8.17. The Bertz CT molecular complexity index is 739. The molecule has 0 fully saturated rings. The van der Waals surface area contributed by atoms with Gasteiger partial charge in [-0.2, -0.15) is 0 Å². The van der Waals surface area contributed by atoms with Crippen LogP contribution in [0.15, 0.2) is 36.4 Å². The summed E-state index contributed by atoms with van der Waals surface area (Å²) in [6.45, 7) is 4.41. The van der Waals surface area contributed by atoms with Crippen molar-refractivity contribution in [1.29, 1.82) is 0 Å². The molecule has 5 nitrogen and oxygen atoms in total. The van der Waals surface area contributed by atoms with Gasteiger partial charge in [0, 0.05) is 0 Å². The zero-order valence-corrected chi connectivity index (χ0v) is 15.0. The predicted molar refractivity (Wildman–Crippen MR) is 96.0 cm³/mol. The van der Waals surface area contributed by atoms with Crippen LogP contribution in [0.5, 0.6) is 17.2 Å². The second kappa shape index (κ2) is 8.42. The summed E-state index contributed by atoms with van der Waals surface area (Å²) in [5, 5.41) is 9.74. The number of benzene rings is 2. The van der Waals surface area contributed by atoms with Gasteiger partial charge in [-0.25, -0.2) is 0 Å². The summed E-state index contributed by atoms with van der Waals surface area (Å²) in [7, 11) is 3.15. The molecule has 5 heteroatoms. The number of aliphatic carboxylic acids is 1. The maximum atomic E-state index is 11.9. The Labute approximate surface area is 148 Å². The van der Waals surface area contributed by atoms with Crippen LogP contribution in [0.4, 0.5) is 0 Å². The van der Waals surface area contributed by atoms with Crippen molar-refractivity contribution in [2.75, 3.05) is 20.8 Å². The summed E-state index contributed by atoms with van der Waals surface area (Å²) in [5.74, 6) is 0.524. The summed E-state index contributed by atoms with van der Waals surface area (Å²) in [6.07, 6.45) is 0.309. The third-order valence-electron chi connectivity index (χ3n) is 4.11. The molecule has 2 aromatic rings.